The molecule has 0 atom stereocenters. The molecule has 1 aliphatic rings. The van der Waals surface area contributed by atoms with E-state index in [1.165, 1.54) is 23.4 Å². The lowest BCUT2D eigenvalue weighted by Crippen LogP contribution is -2.49. The SMILES string of the molecule is Cc1ccccc1N1CCN(C(=O)c2cccc(S(C)(=O)=O)c2)CC1. The number of aryl methyl sites for hydroxylation is 1. The summed E-state index contributed by atoms with van der Waals surface area (Å²) in [5.41, 5.74) is 2.85. The summed E-state index contributed by atoms with van der Waals surface area (Å²) < 4.78 is 23.4. The molecule has 5 nitrogen and oxygen atoms in total. The van der Waals surface area contributed by atoms with Gasteiger partial charge in [-0.15, -0.1) is 0 Å². The largest absolute Gasteiger partial charge is 0.368 e. The molecule has 0 aliphatic carbocycles. The molecule has 2 aromatic rings. The minimum atomic E-state index is -3.32. The van der Waals surface area contributed by atoms with E-state index in [2.05, 4.69) is 24.0 Å². The van der Waals surface area contributed by atoms with Crippen LogP contribution in [-0.2, 0) is 9.84 Å². The molecule has 2 aromatic carbocycles. The Kier molecular flexibility index (Phi) is 4.81. The van der Waals surface area contributed by atoms with Gasteiger partial charge in [-0.3, -0.25) is 4.79 Å². The topological polar surface area (TPSA) is 57.7 Å². The number of para-hydroxylation sites is 1. The quantitative estimate of drug-likeness (QED) is 0.845. The van der Waals surface area contributed by atoms with Gasteiger partial charge in [0, 0.05) is 43.7 Å². The number of carbonyl (C=O) groups is 1. The van der Waals surface area contributed by atoms with Crippen LogP contribution in [0.25, 0.3) is 0 Å². The Labute approximate surface area is 148 Å². The van der Waals surface area contributed by atoms with Crippen molar-refractivity contribution in [1.29, 1.82) is 0 Å². The Morgan fingerprint density at radius 3 is 2.28 bits per heavy atom. The van der Waals surface area contributed by atoms with Crippen molar-refractivity contribution in [2.75, 3.05) is 37.3 Å². The lowest BCUT2D eigenvalue weighted by atomic mass is 10.1. The molecule has 0 spiro atoms. The normalized spacial score (nSPS) is 15.3. The number of amides is 1. The van der Waals surface area contributed by atoms with Gasteiger partial charge in [0.25, 0.3) is 5.91 Å². The van der Waals surface area contributed by atoms with E-state index < -0.39 is 9.84 Å². The third kappa shape index (κ3) is 3.85. The molecule has 1 fully saturated rings. The van der Waals surface area contributed by atoms with Gasteiger partial charge in [-0.2, -0.15) is 0 Å². The average molecular weight is 358 g/mol. The zero-order chi connectivity index (χ0) is 18.0. The van der Waals surface area contributed by atoms with Crippen LogP contribution in [0.15, 0.2) is 53.4 Å². The average Bonchev–Trinajstić information content (AvgIpc) is 2.61. The number of piperazine rings is 1. The van der Waals surface area contributed by atoms with Crippen LogP contribution in [0.4, 0.5) is 5.69 Å². The second kappa shape index (κ2) is 6.88. The molecule has 1 amide bonds. The third-order valence-electron chi connectivity index (χ3n) is 4.53. The number of rotatable bonds is 3. The number of benzene rings is 2. The van der Waals surface area contributed by atoms with Crippen LogP contribution in [-0.4, -0.2) is 51.7 Å². The fraction of sp³-hybridized carbons (Fsp3) is 0.316. The summed E-state index contributed by atoms with van der Waals surface area (Å²) >= 11 is 0. The van der Waals surface area contributed by atoms with Crippen molar-refractivity contribution in [3.8, 4) is 0 Å². The highest BCUT2D eigenvalue weighted by Gasteiger charge is 2.23. The zero-order valence-electron chi connectivity index (χ0n) is 14.5. The van der Waals surface area contributed by atoms with Gasteiger partial charge in [0.15, 0.2) is 9.84 Å². The number of hydrogen-bond acceptors (Lipinski definition) is 4. The van der Waals surface area contributed by atoms with E-state index in [1.807, 2.05) is 12.1 Å². The third-order valence-corrected chi connectivity index (χ3v) is 5.64. The van der Waals surface area contributed by atoms with E-state index in [0.717, 1.165) is 19.3 Å². The highest BCUT2D eigenvalue weighted by molar-refractivity contribution is 7.90. The zero-order valence-corrected chi connectivity index (χ0v) is 15.3. The smallest absolute Gasteiger partial charge is 0.254 e. The summed E-state index contributed by atoms with van der Waals surface area (Å²) in [5.74, 6) is -0.116. The van der Waals surface area contributed by atoms with Crippen molar-refractivity contribution in [1.82, 2.24) is 4.90 Å². The predicted octanol–water partition coefficient (Wildman–Crippen LogP) is 2.36. The molecule has 0 aromatic heterocycles. The van der Waals surface area contributed by atoms with Gasteiger partial charge in [-0.1, -0.05) is 24.3 Å². The van der Waals surface area contributed by atoms with Gasteiger partial charge < -0.3 is 9.80 Å². The Hall–Kier alpha value is -2.34. The first-order chi connectivity index (χ1) is 11.9. The van der Waals surface area contributed by atoms with Crippen molar-refractivity contribution < 1.29 is 13.2 Å². The minimum Gasteiger partial charge on any atom is -0.368 e. The monoisotopic (exact) mass is 358 g/mol. The summed E-state index contributed by atoms with van der Waals surface area (Å²) in [6.45, 7) is 4.86. The van der Waals surface area contributed by atoms with Crippen LogP contribution in [0, 0.1) is 6.92 Å². The van der Waals surface area contributed by atoms with Crippen LogP contribution < -0.4 is 4.90 Å². The van der Waals surface area contributed by atoms with E-state index in [1.54, 1.807) is 17.0 Å². The van der Waals surface area contributed by atoms with Crippen molar-refractivity contribution in [2.45, 2.75) is 11.8 Å². The van der Waals surface area contributed by atoms with Gasteiger partial charge >= 0.3 is 0 Å². The lowest BCUT2D eigenvalue weighted by Gasteiger charge is -2.36. The van der Waals surface area contributed by atoms with Gasteiger partial charge in [0.1, 0.15) is 0 Å². The lowest BCUT2D eigenvalue weighted by molar-refractivity contribution is 0.0746. The maximum atomic E-state index is 12.7. The summed E-state index contributed by atoms with van der Waals surface area (Å²) in [4.78, 5) is 17.0. The van der Waals surface area contributed by atoms with E-state index >= 15 is 0 Å². The fourth-order valence-electron chi connectivity index (χ4n) is 3.11. The van der Waals surface area contributed by atoms with E-state index in [0.29, 0.717) is 18.7 Å². The summed E-state index contributed by atoms with van der Waals surface area (Å²) in [5, 5.41) is 0. The first kappa shape index (κ1) is 17.5. The standard InChI is InChI=1S/C19H22N2O3S/c1-15-6-3-4-9-18(15)20-10-12-21(13-11-20)19(22)16-7-5-8-17(14-16)25(2,23)24/h3-9,14H,10-13H2,1-2H3. The van der Waals surface area contributed by atoms with E-state index in [9.17, 15) is 13.2 Å². The van der Waals surface area contributed by atoms with Crippen LogP contribution in [0.3, 0.4) is 0 Å². The molecule has 3 rings (SSSR count). The first-order valence-corrected chi connectivity index (χ1v) is 10.2. The van der Waals surface area contributed by atoms with Crippen molar-refractivity contribution in [3.63, 3.8) is 0 Å². The fourth-order valence-corrected chi connectivity index (χ4v) is 3.78. The maximum Gasteiger partial charge on any atom is 0.254 e. The van der Waals surface area contributed by atoms with E-state index in [4.69, 9.17) is 0 Å². The molecule has 1 heterocycles. The number of carbonyl (C=O) groups excluding carboxylic acids is 1. The van der Waals surface area contributed by atoms with Crippen molar-refractivity contribution in [3.05, 3.63) is 59.7 Å². The van der Waals surface area contributed by atoms with Gasteiger partial charge in [-0.05, 0) is 36.8 Å². The molecule has 1 saturated heterocycles. The molecule has 0 radical (unpaired) electrons. The van der Waals surface area contributed by atoms with Crippen molar-refractivity contribution in [2.24, 2.45) is 0 Å². The number of anilines is 1. The number of hydrogen-bond donors (Lipinski definition) is 0. The molecule has 6 heteroatoms. The molecular formula is C19H22N2O3S. The van der Waals surface area contributed by atoms with Crippen LogP contribution >= 0.6 is 0 Å². The Balaban J connectivity index is 1.71. The van der Waals surface area contributed by atoms with Crippen molar-refractivity contribution >= 4 is 21.4 Å². The van der Waals surface area contributed by atoms with Crippen LogP contribution in [0.5, 0.6) is 0 Å². The molecule has 0 N–H and O–H groups in total. The second-order valence-electron chi connectivity index (χ2n) is 6.37. The Morgan fingerprint density at radius 1 is 0.960 bits per heavy atom. The Bertz CT molecular complexity index is 885. The second-order valence-corrected chi connectivity index (χ2v) is 8.38. The number of sulfone groups is 1. The molecule has 132 valence electrons. The summed E-state index contributed by atoms with van der Waals surface area (Å²) in [6.07, 6.45) is 1.15. The summed E-state index contributed by atoms with van der Waals surface area (Å²) in [6, 6.07) is 14.5. The van der Waals surface area contributed by atoms with Gasteiger partial charge in [0.2, 0.25) is 0 Å². The molecule has 0 unspecified atom stereocenters. The van der Waals surface area contributed by atoms with Crippen LogP contribution in [0.1, 0.15) is 15.9 Å². The predicted molar refractivity (Wildman–Crippen MR) is 98.8 cm³/mol. The maximum absolute atomic E-state index is 12.7. The Morgan fingerprint density at radius 2 is 1.64 bits per heavy atom. The molecule has 1 aliphatic heterocycles. The van der Waals surface area contributed by atoms with Gasteiger partial charge in [0.05, 0.1) is 4.90 Å². The highest BCUT2D eigenvalue weighted by Crippen LogP contribution is 2.21. The minimum absolute atomic E-state index is 0.116. The number of nitrogens with zero attached hydrogens (tertiary/aromatic N) is 2. The highest BCUT2D eigenvalue weighted by atomic mass is 32.2. The molecule has 0 bridgehead atoms. The van der Waals surface area contributed by atoms with E-state index in [-0.39, 0.29) is 10.8 Å². The molecule has 25 heavy (non-hydrogen) atoms. The summed E-state index contributed by atoms with van der Waals surface area (Å²) in [7, 11) is -3.32. The first-order valence-electron chi connectivity index (χ1n) is 8.26. The van der Waals surface area contributed by atoms with Gasteiger partial charge in [-0.25, -0.2) is 8.42 Å². The van der Waals surface area contributed by atoms with Crippen LogP contribution in [0.2, 0.25) is 0 Å². The molecule has 0 saturated carbocycles. The molecular weight excluding hydrogens is 336 g/mol.